The summed E-state index contributed by atoms with van der Waals surface area (Å²) in [6.07, 6.45) is 7.29. The molecule has 0 saturated heterocycles. The van der Waals surface area contributed by atoms with Crippen molar-refractivity contribution in [3.8, 4) is 24.2 Å². The molecule has 0 bridgehead atoms. The topological polar surface area (TPSA) is 37.4 Å². The monoisotopic (exact) mass is 411 g/mol. The third-order valence-electron chi connectivity index (χ3n) is 4.50. The van der Waals surface area contributed by atoms with Crippen LogP contribution in [0, 0.1) is 24.2 Å². The average molecular weight is 412 g/mol. The molecule has 0 spiro atoms. The fourth-order valence-corrected chi connectivity index (χ4v) is 4.41. The fraction of sp³-hybridized carbons (Fsp3) is 0.0769. The first-order chi connectivity index (χ1) is 14.6. The Morgan fingerprint density at radius 2 is 1.53 bits per heavy atom. The summed E-state index contributed by atoms with van der Waals surface area (Å²) in [5.41, 5.74) is 2.46. The third kappa shape index (κ3) is 4.88. The van der Waals surface area contributed by atoms with E-state index in [0.29, 0.717) is 0 Å². The molecule has 3 nitrogen and oxygen atoms in total. The maximum absolute atomic E-state index is 13.4. The van der Waals surface area contributed by atoms with Crippen molar-refractivity contribution in [2.75, 3.05) is 6.54 Å². The van der Waals surface area contributed by atoms with Crippen LogP contribution in [0.5, 0.6) is 0 Å². The number of hydrogen-bond donors (Lipinski definition) is 0. The number of nitrogens with zero attached hydrogens (tertiary/aromatic N) is 1. The van der Waals surface area contributed by atoms with E-state index in [1.165, 1.54) is 4.31 Å². The number of benzene rings is 3. The van der Waals surface area contributed by atoms with Gasteiger partial charge in [-0.1, -0.05) is 91.1 Å². The van der Waals surface area contributed by atoms with Crippen molar-refractivity contribution in [3.05, 3.63) is 108 Å². The molecule has 3 aromatic carbocycles. The van der Waals surface area contributed by atoms with Gasteiger partial charge in [-0.2, -0.15) is 4.31 Å². The Hall–Kier alpha value is -3.57. The van der Waals surface area contributed by atoms with Gasteiger partial charge < -0.3 is 0 Å². The van der Waals surface area contributed by atoms with Crippen molar-refractivity contribution in [1.82, 2.24) is 4.31 Å². The van der Waals surface area contributed by atoms with Gasteiger partial charge in [0.2, 0.25) is 10.0 Å². The normalized spacial score (nSPS) is 11.7. The Balaban J connectivity index is 2.13. The summed E-state index contributed by atoms with van der Waals surface area (Å²) in [6.45, 7) is 3.66. The van der Waals surface area contributed by atoms with Crippen LogP contribution in [0.1, 0.15) is 22.7 Å². The minimum absolute atomic E-state index is 0.103. The second kappa shape index (κ2) is 9.76. The molecule has 0 N–H and O–H groups in total. The van der Waals surface area contributed by atoms with Gasteiger partial charge in [0.05, 0.1) is 11.4 Å². The van der Waals surface area contributed by atoms with E-state index in [-0.39, 0.29) is 11.4 Å². The Kier molecular flexibility index (Phi) is 6.88. The maximum atomic E-state index is 13.4. The van der Waals surface area contributed by atoms with E-state index in [1.807, 2.05) is 54.6 Å². The third-order valence-corrected chi connectivity index (χ3v) is 6.33. The van der Waals surface area contributed by atoms with Gasteiger partial charge >= 0.3 is 0 Å². The van der Waals surface area contributed by atoms with E-state index >= 15 is 0 Å². The summed E-state index contributed by atoms with van der Waals surface area (Å²) in [5, 5.41) is 0. The summed E-state index contributed by atoms with van der Waals surface area (Å²) in [5.74, 6) is 8.69. The average Bonchev–Trinajstić information content (AvgIpc) is 2.80. The van der Waals surface area contributed by atoms with Gasteiger partial charge in [0.25, 0.3) is 0 Å². The summed E-state index contributed by atoms with van der Waals surface area (Å²) in [7, 11) is -3.86. The van der Waals surface area contributed by atoms with Gasteiger partial charge in [0, 0.05) is 5.56 Å². The lowest BCUT2D eigenvalue weighted by Gasteiger charge is -2.26. The summed E-state index contributed by atoms with van der Waals surface area (Å²) in [4.78, 5) is 0.175. The fourth-order valence-electron chi connectivity index (χ4n) is 2.94. The predicted octanol–water partition coefficient (Wildman–Crippen LogP) is 4.75. The van der Waals surface area contributed by atoms with E-state index in [0.717, 1.165) is 16.7 Å². The van der Waals surface area contributed by atoms with E-state index in [1.54, 1.807) is 36.4 Å². The lowest BCUT2D eigenvalue weighted by atomic mass is 10.0. The highest BCUT2D eigenvalue weighted by Crippen LogP contribution is 2.28. The Labute approximate surface area is 178 Å². The molecule has 0 aliphatic carbocycles. The van der Waals surface area contributed by atoms with E-state index in [2.05, 4.69) is 24.3 Å². The van der Waals surface area contributed by atoms with Crippen molar-refractivity contribution < 1.29 is 8.42 Å². The van der Waals surface area contributed by atoms with Crippen molar-refractivity contribution in [2.45, 2.75) is 10.9 Å². The van der Waals surface area contributed by atoms with Crippen LogP contribution < -0.4 is 0 Å². The van der Waals surface area contributed by atoms with E-state index in [4.69, 9.17) is 6.42 Å². The zero-order chi connectivity index (χ0) is 21.4. The molecule has 0 aliphatic heterocycles. The molecule has 3 rings (SSSR count). The molecular weight excluding hydrogens is 390 g/mol. The minimum Gasteiger partial charge on any atom is -0.207 e. The molecule has 0 amide bonds. The molecule has 0 aliphatic rings. The minimum atomic E-state index is -3.86. The van der Waals surface area contributed by atoms with Crippen LogP contribution in [-0.4, -0.2) is 19.3 Å². The van der Waals surface area contributed by atoms with Crippen molar-refractivity contribution in [3.63, 3.8) is 0 Å². The van der Waals surface area contributed by atoms with Crippen LogP contribution in [0.4, 0.5) is 0 Å². The predicted molar refractivity (Wildman–Crippen MR) is 122 cm³/mol. The molecule has 1 unspecified atom stereocenters. The van der Waals surface area contributed by atoms with Crippen molar-refractivity contribution in [1.29, 1.82) is 0 Å². The van der Waals surface area contributed by atoms with Crippen LogP contribution in [0.15, 0.2) is 96.4 Å². The first kappa shape index (κ1) is 21.1. The molecule has 4 heteroatoms. The highest BCUT2D eigenvalue weighted by Gasteiger charge is 2.31. The lowest BCUT2D eigenvalue weighted by molar-refractivity contribution is 0.410. The van der Waals surface area contributed by atoms with Gasteiger partial charge in [0.1, 0.15) is 6.04 Å². The smallest absolute Gasteiger partial charge is 0.207 e. The first-order valence-corrected chi connectivity index (χ1v) is 10.8. The first-order valence-electron chi connectivity index (χ1n) is 9.35. The molecule has 0 radical (unpaired) electrons. The second-order valence-electron chi connectivity index (χ2n) is 6.48. The number of terminal acetylenes is 1. The van der Waals surface area contributed by atoms with Crippen LogP contribution in [0.25, 0.3) is 6.08 Å². The largest absolute Gasteiger partial charge is 0.245 e. The van der Waals surface area contributed by atoms with Crippen LogP contribution >= 0.6 is 0 Å². The molecule has 0 fully saturated rings. The highest BCUT2D eigenvalue weighted by atomic mass is 32.2. The number of hydrogen-bond acceptors (Lipinski definition) is 2. The molecular formula is C26H21NO2S. The Morgan fingerprint density at radius 1 is 0.933 bits per heavy atom. The quantitative estimate of drug-likeness (QED) is 0.549. The van der Waals surface area contributed by atoms with Crippen LogP contribution in [0.3, 0.4) is 0 Å². The zero-order valence-electron chi connectivity index (χ0n) is 16.4. The number of sulfonamides is 1. The summed E-state index contributed by atoms with van der Waals surface area (Å²) in [6, 6.07) is 24.4. The molecule has 0 saturated carbocycles. The zero-order valence-corrected chi connectivity index (χ0v) is 17.2. The van der Waals surface area contributed by atoms with E-state index < -0.39 is 16.1 Å². The van der Waals surface area contributed by atoms with Gasteiger partial charge in [-0.15, -0.1) is 6.42 Å². The SMILES string of the molecule is C#CCN(C(C#Cc1ccccc1)c1ccc(C=C)cc1)S(=O)(=O)c1ccccc1. The van der Waals surface area contributed by atoms with E-state index in [9.17, 15) is 8.42 Å². The van der Waals surface area contributed by atoms with Gasteiger partial charge in [-0.3, -0.25) is 0 Å². The Morgan fingerprint density at radius 3 is 2.10 bits per heavy atom. The van der Waals surface area contributed by atoms with Crippen molar-refractivity contribution in [2.24, 2.45) is 0 Å². The van der Waals surface area contributed by atoms with Gasteiger partial charge in [0.15, 0.2) is 0 Å². The van der Waals surface area contributed by atoms with Crippen molar-refractivity contribution >= 4 is 16.1 Å². The molecule has 0 aromatic heterocycles. The Bertz CT molecular complexity index is 1200. The van der Waals surface area contributed by atoms with Gasteiger partial charge in [-0.05, 0) is 35.4 Å². The molecule has 0 heterocycles. The second-order valence-corrected chi connectivity index (χ2v) is 8.37. The lowest BCUT2D eigenvalue weighted by Crippen LogP contribution is -2.35. The van der Waals surface area contributed by atoms with Crippen LogP contribution in [-0.2, 0) is 10.0 Å². The summed E-state index contributed by atoms with van der Waals surface area (Å²) >= 11 is 0. The highest BCUT2D eigenvalue weighted by molar-refractivity contribution is 7.89. The molecule has 1 atom stereocenters. The van der Waals surface area contributed by atoms with Gasteiger partial charge in [-0.25, -0.2) is 8.42 Å². The molecule has 30 heavy (non-hydrogen) atoms. The van der Waals surface area contributed by atoms with Crippen LogP contribution in [0.2, 0.25) is 0 Å². The molecule has 148 valence electrons. The summed E-state index contributed by atoms with van der Waals surface area (Å²) < 4.78 is 28.1. The molecule has 3 aromatic rings. The maximum Gasteiger partial charge on any atom is 0.245 e. The number of rotatable bonds is 6. The standard InChI is InChI=1S/C26H21NO2S/c1-3-21-27(30(28,29)25-13-9-6-10-14-25)26(20-17-23-11-7-5-8-12-23)24-18-15-22(4-2)16-19-24/h1,4-16,18-19,26H,2,21H2.